The Kier molecular flexibility index (Phi) is 5.76. The molecule has 0 saturated heterocycles. The standard InChI is InChI=1S/C17H20N2O6/c1-10-7-11(15(20)18-2)5-6-13(10)19-9-25-8-12(16(21)23-3)14(19)17(22)24-4/h5-7H,8-9H2,1-4H3,(H,18,20). The van der Waals surface area contributed by atoms with Crippen molar-refractivity contribution in [3.8, 4) is 0 Å². The zero-order valence-corrected chi connectivity index (χ0v) is 14.5. The fraction of sp³-hybridized carbons (Fsp3) is 0.353. The van der Waals surface area contributed by atoms with Crippen LogP contribution in [0.1, 0.15) is 15.9 Å². The smallest absolute Gasteiger partial charge is 0.355 e. The van der Waals surface area contributed by atoms with Gasteiger partial charge in [-0.1, -0.05) is 0 Å². The van der Waals surface area contributed by atoms with E-state index >= 15 is 0 Å². The lowest BCUT2D eigenvalue weighted by atomic mass is 10.1. The van der Waals surface area contributed by atoms with Gasteiger partial charge in [0.1, 0.15) is 12.4 Å². The van der Waals surface area contributed by atoms with Crippen LogP contribution in [0.4, 0.5) is 5.69 Å². The number of hydrogen-bond donors (Lipinski definition) is 1. The molecule has 0 fully saturated rings. The topological polar surface area (TPSA) is 94.2 Å². The lowest BCUT2D eigenvalue weighted by Gasteiger charge is -2.32. The molecule has 1 aliphatic rings. The van der Waals surface area contributed by atoms with Gasteiger partial charge in [0.15, 0.2) is 0 Å². The van der Waals surface area contributed by atoms with Crippen LogP contribution in [0.3, 0.4) is 0 Å². The summed E-state index contributed by atoms with van der Waals surface area (Å²) in [6.07, 6.45) is 0. The molecule has 1 aromatic carbocycles. The average Bonchev–Trinajstić information content (AvgIpc) is 2.65. The molecule has 0 spiro atoms. The normalized spacial score (nSPS) is 14.2. The first-order chi connectivity index (χ1) is 11.9. The van der Waals surface area contributed by atoms with Crippen LogP contribution in [0.5, 0.6) is 0 Å². The van der Waals surface area contributed by atoms with Gasteiger partial charge in [0.05, 0.1) is 26.4 Å². The van der Waals surface area contributed by atoms with E-state index in [9.17, 15) is 14.4 Å². The van der Waals surface area contributed by atoms with Gasteiger partial charge >= 0.3 is 11.9 Å². The van der Waals surface area contributed by atoms with E-state index in [-0.39, 0.29) is 30.5 Å². The number of nitrogens with one attached hydrogen (secondary N) is 1. The van der Waals surface area contributed by atoms with E-state index < -0.39 is 11.9 Å². The maximum atomic E-state index is 12.3. The highest BCUT2D eigenvalue weighted by Crippen LogP contribution is 2.29. The SMILES string of the molecule is CNC(=O)c1ccc(N2COCC(C(=O)OC)=C2C(=O)OC)c(C)c1. The third-order valence-corrected chi connectivity index (χ3v) is 3.81. The van der Waals surface area contributed by atoms with Gasteiger partial charge in [0, 0.05) is 18.3 Å². The molecule has 1 heterocycles. The third-order valence-electron chi connectivity index (χ3n) is 3.81. The summed E-state index contributed by atoms with van der Waals surface area (Å²) in [5, 5.41) is 2.55. The minimum absolute atomic E-state index is 0.0526. The Morgan fingerprint density at radius 1 is 1.16 bits per heavy atom. The molecule has 1 aromatic rings. The molecule has 1 N–H and O–H groups in total. The maximum Gasteiger partial charge on any atom is 0.355 e. The van der Waals surface area contributed by atoms with Crippen LogP contribution in [0.15, 0.2) is 29.5 Å². The van der Waals surface area contributed by atoms with Crippen LogP contribution in [0.25, 0.3) is 0 Å². The molecule has 1 amide bonds. The molecular weight excluding hydrogens is 328 g/mol. The van der Waals surface area contributed by atoms with Crippen molar-refractivity contribution in [2.24, 2.45) is 0 Å². The molecule has 25 heavy (non-hydrogen) atoms. The van der Waals surface area contributed by atoms with Crippen molar-refractivity contribution in [2.75, 3.05) is 39.5 Å². The highest BCUT2D eigenvalue weighted by atomic mass is 16.5. The quantitative estimate of drug-likeness (QED) is 0.802. The number of methoxy groups -OCH3 is 2. The van der Waals surface area contributed by atoms with Crippen molar-refractivity contribution >= 4 is 23.5 Å². The van der Waals surface area contributed by atoms with E-state index in [1.54, 1.807) is 32.2 Å². The van der Waals surface area contributed by atoms with Crippen molar-refractivity contribution in [3.05, 3.63) is 40.6 Å². The van der Waals surface area contributed by atoms with E-state index in [0.29, 0.717) is 11.3 Å². The van der Waals surface area contributed by atoms with Gasteiger partial charge in [-0.2, -0.15) is 0 Å². The van der Waals surface area contributed by atoms with Crippen molar-refractivity contribution in [1.29, 1.82) is 0 Å². The van der Waals surface area contributed by atoms with Crippen molar-refractivity contribution in [3.63, 3.8) is 0 Å². The molecule has 0 saturated carbocycles. The summed E-state index contributed by atoms with van der Waals surface area (Å²) in [6, 6.07) is 5.00. The monoisotopic (exact) mass is 348 g/mol. The fourth-order valence-electron chi connectivity index (χ4n) is 2.58. The number of carbonyl (C=O) groups is 3. The highest BCUT2D eigenvalue weighted by Gasteiger charge is 2.33. The fourth-order valence-corrected chi connectivity index (χ4v) is 2.58. The average molecular weight is 348 g/mol. The van der Waals surface area contributed by atoms with Gasteiger partial charge in [-0.3, -0.25) is 4.79 Å². The van der Waals surface area contributed by atoms with E-state index in [4.69, 9.17) is 14.2 Å². The predicted octanol–water partition coefficient (Wildman–Crippen LogP) is 0.749. The summed E-state index contributed by atoms with van der Waals surface area (Å²) in [7, 11) is 4.01. The Labute approximate surface area is 145 Å². The Morgan fingerprint density at radius 3 is 2.40 bits per heavy atom. The first-order valence-corrected chi connectivity index (χ1v) is 7.52. The van der Waals surface area contributed by atoms with E-state index in [0.717, 1.165) is 5.56 Å². The number of aryl methyl sites for hydroxylation is 1. The molecule has 2 rings (SSSR count). The number of amides is 1. The van der Waals surface area contributed by atoms with Crippen molar-refractivity contribution in [2.45, 2.75) is 6.92 Å². The van der Waals surface area contributed by atoms with Gasteiger partial charge in [-0.25, -0.2) is 9.59 Å². The molecule has 8 nitrogen and oxygen atoms in total. The third kappa shape index (κ3) is 3.63. The van der Waals surface area contributed by atoms with Gasteiger partial charge in [0.2, 0.25) is 0 Å². The van der Waals surface area contributed by atoms with E-state index in [1.165, 1.54) is 19.1 Å². The molecule has 0 atom stereocenters. The number of ether oxygens (including phenoxy) is 3. The first kappa shape index (κ1) is 18.5. The zero-order valence-electron chi connectivity index (χ0n) is 14.5. The molecule has 0 unspecified atom stereocenters. The van der Waals surface area contributed by atoms with Gasteiger partial charge in [-0.05, 0) is 30.7 Å². The molecule has 0 aliphatic carbocycles. The van der Waals surface area contributed by atoms with E-state index in [1.807, 2.05) is 0 Å². The second-order valence-electron chi connectivity index (χ2n) is 5.30. The number of nitrogens with zero attached hydrogens (tertiary/aromatic N) is 1. The molecule has 0 aromatic heterocycles. The van der Waals surface area contributed by atoms with Crippen molar-refractivity contribution in [1.82, 2.24) is 5.32 Å². The summed E-state index contributed by atoms with van der Waals surface area (Å²) in [5.41, 5.74) is 1.98. The van der Waals surface area contributed by atoms with Crippen LogP contribution >= 0.6 is 0 Å². The minimum atomic E-state index is -0.668. The maximum absolute atomic E-state index is 12.3. The summed E-state index contributed by atoms with van der Waals surface area (Å²) in [6.45, 7) is 1.80. The summed E-state index contributed by atoms with van der Waals surface area (Å²) < 4.78 is 15.0. The number of rotatable bonds is 4. The van der Waals surface area contributed by atoms with Gasteiger partial charge in [-0.15, -0.1) is 0 Å². The Bertz CT molecular complexity index is 741. The number of esters is 2. The molecular formula is C17H20N2O6. The van der Waals surface area contributed by atoms with Crippen LogP contribution in [0.2, 0.25) is 0 Å². The highest BCUT2D eigenvalue weighted by molar-refractivity contribution is 6.03. The van der Waals surface area contributed by atoms with Crippen LogP contribution in [-0.4, -0.2) is 52.5 Å². The summed E-state index contributed by atoms with van der Waals surface area (Å²) in [5.74, 6) is -1.55. The first-order valence-electron chi connectivity index (χ1n) is 7.52. The predicted molar refractivity (Wildman–Crippen MR) is 88.9 cm³/mol. The lowest BCUT2D eigenvalue weighted by Crippen LogP contribution is -2.39. The Balaban J connectivity index is 2.54. The van der Waals surface area contributed by atoms with Crippen LogP contribution < -0.4 is 10.2 Å². The number of carbonyl (C=O) groups excluding carboxylic acids is 3. The summed E-state index contributed by atoms with van der Waals surface area (Å²) >= 11 is 0. The lowest BCUT2D eigenvalue weighted by molar-refractivity contribution is -0.140. The molecule has 1 aliphatic heterocycles. The van der Waals surface area contributed by atoms with Crippen LogP contribution in [0, 0.1) is 6.92 Å². The number of anilines is 1. The zero-order chi connectivity index (χ0) is 18.6. The van der Waals surface area contributed by atoms with Gasteiger partial charge in [0.25, 0.3) is 5.91 Å². The van der Waals surface area contributed by atoms with E-state index in [2.05, 4.69) is 5.32 Å². The Morgan fingerprint density at radius 2 is 1.84 bits per heavy atom. The second-order valence-corrected chi connectivity index (χ2v) is 5.30. The number of benzene rings is 1. The van der Waals surface area contributed by atoms with Crippen molar-refractivity contribution < 1.29 is 28.6 Å². The molecule has 0 bridgehead atoms. The minimum Gasteiger partial charge on any atom is -0.466 e. The largest absolute Gasteiger partial charge is 0.466 e. The molecule has 134 valence electrons. The summed E-state index contributed by atoms with van der Waals surface area (Å²) in [4.78, 5) is 37.5. The molecule has 8 heteroatoms. The second kappa shape index (κ2) is 7.80. The van der Waals surface area contributed by atoms with Gasteiger partial charge < -0.3 is 24.4 Å². The number of hydrogen-bond acceptors (Lipinski definition) is 7. The van der Waals surface area contributed by atoms with Crippen LogP contribution in [-0.2, 0) is 23.8 Å². The molecule has 0 radical (unpaired) electrons. The Hall–Kier alpha value is -2.87.